The molecular formula is C11H17O5PS. The van der Waals surface area contributed by atoms with Crippen molar-refractivity contribution in [2.24, 2.45) is 0 Å². The van der Waals surface area contributed by atoms with Crippen molar-refractivity contribution in [2.75, 3.05) is 14.2 Å². The van der Waals surface area contributed by atoms with Gasteiger partial charge in [0, 0.05) is 20.6 Å². The van der Waals surface area contributed by atoms with Gasteiger partial charge in [-0.25, -0.2) is 0 Å². The number of rotatable bonds is 6. The highest BCUT2D eigenvalue weighted by Gasteiger charge is 2.54. The van der Waals surface area contributed by atoms with Gasteiger partial charge in [0.25, 0.3) is 0 Å². The first-order valence-electron chi connectivity index (χ1n) is 5.32. The Morgan fingerprint density at radius 3 is 2.44 bits per heavy atom. The fourth-order valence-electron chi connectivity index (χ4n) is 1.76. The Balaban J connectivity index is 3.16. The average molecular weight is 292 g/mol. The smallest absolute Gasteiger partial charge is 0.363 e. The highest BCUT2D eigenvalue weighted by atomic mass is 32.2. The number of aliphatic hydroxyl groups is 1. The molecule has 0 bridgehead atoms. The van der Waals surface area contributed by atoms with E-state index >= 15 is 0 Å². The lowest BCUT2D eigenvalue weighted by Gasteiger charge is -2.37. The predicted molar refractivity (Wildman–Crippen MR) is 71.5 cm³/mol. The maximum Gasteiger partial charge on any atom is 0.363 e. The second-order valence-electron chi connectivity index (χ2n) is 3.89. The second kappa shape index (κ2) is 6.17. The Morgan fingerprint density at radius 2 is 2.06 bits per heavy atom. The van der Waals surface area contributed by atoms with Crippen LogP contribution in [0, 0.1) is 0 Å². The van der Waals surface area contributed by atoms with Crippen molar-refractivity contribution in [3.8, 4) is 0 Å². The molecule has 0 radical (unpaired) electrons. The van der Waals surface area contributed by atoms with Crippen molar-refractivity contribution in [3.05, 3.63) is 23.6 Å². The summed E-state index contributed by atoms with van der Waals surface area (Å²) in [6, 6.07) is 0. The summed E-state index contributed by atoms with van der Waals surface area (Å²) in [6.45, 7) is 1.33. The number of allylic oxidation sites excluding steroid dienone is 2. The van der Waals surface area contributed by atoms with Crippen molar-refractivity contribution >= 4 is 25.1 Å². The maximum absolute atomic E-state index is 12.5. The van der Waals surface area contributed by atoms with Gasteiger partial charge in [-0.05, 0) is 12.3 Å². The first-order valence-corrected chi connectivity index (χ1v) is 7.80. The van der Waals surface area contributed by atoms with Crippen LogP contribution < -0.4 is 0 Å². The van der Waals surface area contributed by atoms with Crippen LogP contribution in [0.15, 0.2) is 23.6 Å². The van der Waals surface area contributed by atoms with E-state index in [0.29, 0.717) is 0 Å². The molecule has 5 nitrogen and oxygen atoms in total. The normalized spacial score (nSPS) is 22.8. The molecule has 1 rings (SSSR count). The number of carbonyl (C=O) groups excluding carboxylic acids is 1. The minimum Gasteiger partial charge on any atom is -0.376 e. The molecule has 1 aliphatic rings. The van der Waals surface area contributed by atoms with Crippen LogP contribution in [0.4, 0.5) is 0 Å². The summed E-state index contributed by atoms with van der Waals surface area (Å²) in [6.07, 6.45) is 4.90. The minimum atomic E-state index is -3.80. The molecule has 0 aromatic heterocycles. The van der Waals surface area contributed by atoms with Crippen LogP contribution in [0.3, 0.4) is 0 Å². The molecular weight excluding hydrogens is 275 g/mol. The van der Waals surface area contributed by atoms with Gasteiger partial charge in [0.2, 0.25) is 0 Å². The van der Waals surface area contributed by atoms with Gasteiger partial charge in [-0.3, -0.25) is 9.36 Å². The van der Waals surface area contributed by atoms with Crippen LogP contribution in [0.25, 0.3) is 0 Å². The van der Waals surface area contributed by atoms with Crippen molar-refractivity contribution in [1.29, 1.82) is 0 Å². The summed E-state index contributed by atoms with van der Waals surface area (Å²) in [7, 11) is -1.40. The van der Waals surface area contributed by atoms with Gasteiger partial charge < -0.3 is 14.2 Å². The molecule has 0 aliphatic carbocycles. The van der Waals surface area contributed by atoms with Crippen LogP contribution in [0.5, 0.6) is 0 Å². The monoisotopic (exact) mass is 292 g/mol. The zero-order valence-corrected chi connectivity index (χ0v) is 12.2. The summed E-state index contributed by atoms with van der Waals surface area (Å²) < 4.78 is 22.2. The lowest BCUT2D eigenvalue weighted by atomic mass is 10.1. The molecule has 2 unspecified atom stereocenters. The highest BCUT2D eigenvalue weighted by Crippen LogP contribution is 2.63. The summed E-state index contributed by atoms with van der Waals surface area (Å²) in [5.74, 6) is -0.282. The van der Waals surface area contributed by atoms with Crippen LogP contribution in [-0.4, -0.2) is 35.7 Å². The zero-order chi connectivity index (χ0) is 13.8. The molecule has 18 heavy (non-hydrogen) atoms. The van der Waals surface area contributed by atoms with Gasteiger partial charge in [-0.1, -0.05) is 18.2 Å². The first kappa shape index (κ1) is 15.7. The molecule has 0 spiro atoms. The molecule has 1 heterocycles. The molecule has 0 fully saturated rings. The Bertz CT molecular complexity index is 412. The molecule has 0 aromatic rings. The summed E-state index contributed by atoms with van der Waals surface area (Å²) in [4.78, 5) is 11.3. The van der Waals surface area contributed by atoms with Crippen LogP contribution in [0.2, 0.25) is 0 Å². The summed E-state index contributed by atoms with van der Waals surface area (Å²) in [5, 5.41) is 10.0. The largest absolute Gasteiger partial charge is 0.376 e. The lowest BCUT2D eigenvalue weighted by Crippen LogP contribution is -2.42. The number of thioether (sulfide) groups is 1. The van der Waals surface area contributed by atoms with Gasteiger partial charge in [0.15, 0.2) is 5.34 Å². The number of hydrogen-bond acceptors (Lipinski definition) is 6. The Kier molecular flexibility index (Phi) is 5.37. The van der Waals surface area contributed by atoms with E-state index in [1.54, 1.807) is 23.6 Å². The van der Waals surface area contributed by atoms with E-state index in [1.807, 2.05) is 0 Å². The standard InChI is InChI=1S/C11H17O5PS/c1-9(12)8-11(13,17(14,15-2)16-3)10-6-4-5-7-18-10/h4-7,10,13H,8H2,1-3H3. The van der Waals surface area contributed by atoms with Gasteiger partial charge in [-0.2, -0.15) is 0 Å². The predicted octanol–water partition coefficient (Wildman–Crippen LogP) is 2.33. The Hall–Kier alpha value is -0.390. The summed E-state index contributed by atoms with van der Waals surface area (Å²) >= 11 is 1.27. The Morgan fingerprint density at radius 1 is 1.44 bits per heavy atom. The molecule has 0 amide bonds. The third kappa shape index (κ3) is 2.95. The molecule has 7 heteroatoms. The number of hydrogen-bond donors (Lipinski definition) is 1. The van der Waals surface area contributed by atoms with E-state index in [1.165, 1.54) is 32.9 Å². The van der Waals surface area contributed by atoms with Crippen LogP contribution >= 0.6 is 19.4 Å². The molecule has 0 saturated heterocycles. The third-order valence-corrected chi connectivity index (χ3v) is 6.30. The van der Waals surface area contributed by atoms with Crippen LogP contribution in [-0.2, 0) is 18.4 Å². The van der Waals surface area contributed by atoms with E-state index in [2.05, 4.69) is 0 Å². The number of ketones is 1. The topological polar surface area (TPSA) is 72.8 Å². The molecule has 0 aromatic carbocycles. The average Bonchev–Trinajstić information content (AvgIpc) is 2.37. The van der Waals surface area contributed by atoms with Crippen molar-refractivity contribution in [2.45, 2.75) is 23.9 Å². The van der Waals surface area contributed by atoms with Crippen molar-refractivity contribution in [3.63, 3.8) is 0 Å². The van der Waals surface area contributed by atoms with Crippen molar-refractivity contribution in [1.82, 2.24) is 0 Å². The highest BCUT2D eigenvalue weighted by molar-refractivity contribution is 8.03. The number of Topliss-reactive ketones (excluding diaryl/α,β-unsaturated/α-hetero) is 1. The third-order valence-electron chi connectivity index (χ3n) is 2.62. The van der Waals surface area contributed by atoms with Crippen LogP contribution in [0.1, 0.15) is 13.3 Å². The van der Waals surface area contributed by atoms with E-state index in [9.17, 15) is 14.5 Å². The number of carbonyl (C=O) groups is 1. The zero-order valence-electron chi connectivity index (χ0n) is 10.5. The van der Waals surface area contributed by atoms with E-state index in [0.717, 1.165) is 0 Å². The SMILES string of the molecule is COP(=O)(OC)C(O)(CC(C)=O)C1C=CC=CS1. The molecule has 2 atom stereocenters. The fourth-order valence-corrected chi connectivity index (χ4v) is 4.76. The maximum atomic E-state index is 12.5. The quantitative estimate of drug-likeness (QED) is 0.757. The first-order chi connectivity index (χ1) is 8.39. The lowest BCUT2D eigenvalue weighted by molar-refractivity contribution is -0.120. The van der Waals surface area contributed by atoms with E-state index in [-0.39, 0.29) is 12.2 Å². The second-order valence-corrected chi connectivity index (χ2v) is 7.44. The summed E-state index contributed by atoms with van der Waals surface area (Å²) in [5.41, 5.74) is 0. The van der Waals surface area contributed by atoms with Gasteiger partial charge in [0.05, 0.1) is 5.25 Å². The van der Waals surface area contributed by atoms with Gasteiger partial charge >= 0.3 is 7.60 Å². The molecule has 102 valence electrons. The Labute approximate surface area is 111 Å². The van der Waals surface area contributed by atoms with E-state index in [4.69, 9.17) is 9.05 Å². The molecule has 1 aliphatic heterocycles. The van der Waals surface area contributed by atoms with Crippen molar-refractivity contribution < 1.29 is 23.5 Å². The molecule has 1 N–H and O–H groups in total. The van der Waals surface area contributed by atoms with Gasteiger partial charge in [-0.15, -0.1) is 11.8 Å². The van der Waals surface area contributed by atoms with Gasteiger partial charge in [0.1, 0.15) is 5.78 Å². The fraction of sp³-hybridized carbons (Fsp3) is 0.545. The van der Waals surface area contributed by atoms with E-state index < -0.39 is 18.2 Å². The molecule has 0 saturated carbocycles. The minimum absolute atomic E-state index is 0.282.